The van der Waals surface area contributed by atoms with Gasteiger partial charge < -0.3 is 10.0 Å². The summed E-state index contributed by atoms with van der Waals surface area (Å²) in [5, 5.41) is 15.6. The number of aliphatic hydroxyl groups is 1. The van der Waals surface area contributed by atoms with Crippen LogP contribution in [-0.2, 0) is 0 Å². The molecule has 0 spiro atoms. The third-order valence-electron chi connectivity index (χ3n) is 3.57. The molecule has 2 aromatic heterocycles. The molecule has 0 aromatic carbocycles. The van der Waals surface area contributed by atoms with Crippen LogP contribution in [0.25, 0.3) is 11.0 Å². The number of nitrogens with zero attached hydrogens (tertiary/aromatic N) is 3. The number of aromatic nitrogens is 3. The number of H-pyrrole nitrogens is 1. The van der Waals surface area contributed by atoms with Crippen LogP contribution in [0, 0.1) is 0 Å². The Labute approximate surface area is 116 Å². The van der Waals surface area contributed by atoms with Crippen molar-refractivity contribution >= 4 is 16.9 Å². The van der Waals surface area contributed by atoms with Crippen LogP contribution in [0.15, 0.2) is 18.3 Å². The lowest BCUT2D eigenvalue weighted by molar-refractivity contribution is 0.0731. The van der Waals surface area contributed by atoms with Gasteiger partial charge in [0.25, 0.3) is 5.91 Å². The third kappa shape index (κ3) is 2.65. The number of carbonyl (C=O) groups excluding carboxylic acids is 1. The Hall–Kier alpha value is -1.95. The first-order valence-corrected chi connectivity index (χ1v) is 7.01. The molecule has 2 heterocycles. The molecule has 0 radical (unpaired) electrons. The van der Waals surface area contributed by atoms with Crippen molar-refractivity contribution in [2.24, 2.45) is 0 Å². The topological polar surface area (TPSA) is 82.1 Å². The molecule has 2 aromatic rings. The highest BCUT2D eigenvalue weighted by Crippen LogP contribution is 2.28. The Kier molecular flexibility index (Phi) is 3.64. The average molecular weight is 274 g/mol. The Bertz CT molecular complexity index is 606. The quantitative estimate of drug-likeness (QED) is 0.779. The van der Waals surface area contributed by atoms with Crippen LogP contribution < -0.4 is 0 Å². The highest BCUT2D eigenvalue weighted by atomic mass is 16.3. The Morgan fingerprint density at radius 2 is 2.25 bits per heavy atom. The van der Waals surface area contributed by atoms with E-state index in [4.69, 9.17) is 5.11 Å². The highest BCUT2D eigenvalue weighted by Gasteiger charge is 2.33. The van der Waals surface area contributed by atoms with Gasteiger partial charge in [0.15, 0.2) is 0 Å². The van der Waals surface area contributed by atoms with E-state index in [0.29, 0.717) is 23.8 Å². The molecule has 1 saturated carbocycles. The maximum Gasteiger partial charge on any atom is 0.272 e. The smallest absolute Gasteiger partial charge is 0.272 e. The number of aromatic amines is 1. The molecule has 1 aliphatic carbocycles. The van der Waals surface area contributed by atoms with Gasteiger partial charge in [-0.3, -0.25) is 9.89 Å². The number of fused-ring (bicyclic) bond motifs is 1. The van der Waals surface area contributed by atoms with Crippen LogP contribution >= 0.6 is 0 Å². The molecule has 2 N–H and O–H groups in total. The minimum absolute atomic E-state index is 0.0199. The van der Waals surface area contributed by atoms with Crippen molar-refractivity contribution in [2.45, 2.75) is 31.7 Å². The molecule has 0 unspecified atom stereocenters. The zero-order valence-corrected chi connectivity index (χ0v) is 11.2. The molecule has 1 amide bonds. The molecule has 20 heavy (non-hydrogen) atoms. The van der Waals surface area contributed by atoms with Crippen LogP contribution in [0.3, 0.4) is 0 Å². The average Bonchev–Trinajstić information content (AvgIpc) is 3.19. The van der Waals surface area contributed by atoms with E-state index in [1.807, 2.05) is 11.0 Å². The van der Waals surface area contributed by atoms with E-state index < -0.39 is 0 Å². The van der Waals surface area contributed by atoms with E-state index in [-0.39, 0.29) is 12.5 Å². The minimum Gasteiger partial charge on any atom is -0.396 e. The number of unbranched alkanes of at least 4 members (excludes halogenated alkanes) is 1. The van der Waals surface area contributed by atoms with Crippen molar-refractivity contribution in [1.82, 2.24) is 20.1 Å². The maximum atomic E-state index is 12.6. The summed E-state index contributed by atoms with van der Waals surface area (Å²) in [5.41, 5.74) is 2.01. The lowest BCUT2D eigenvalue weighted by Crippen LogP contribution is -2.34. The van der Waals surface area contributed by atoms with E-state index in [0.717, 1.165) is 31.2 Å². The first kappa shape index (κ1) is 13.1. The van der Waals surface area contributed by atoms with Gasteiger partial charge in [0.2, 0.25) is 0 Å². The predicted octanol–water partition coefficient (Wildman–Crippen LogP) is 1.33. The predicted molar refractivity (Wildman–Crippen MR) is 74.3 cm³/mol. The molecule has 0 atom stereocenters. The molecular weight excluding hydrogens is 256 g/mol. The van der Waals surface area contributed by atoms with Gasteiger partial charge >= 0.3 is 0 Å². The first-order chi connectivity index (χ1) is 9.79. The van der Waals surface area contributed by atoms with Gasteiger partial charge in [-0.2, -0.15) is 5.10 Å². The Balaban J connectivity index is 1.77. The second-order valence-electron chi connectivity index (χ2n) is 5.16. The number of rotatable bonds is 6. The van der Waals surface area contributed by atoms with E-state index in [2.05, 4.69) is 15.2 Å². The van der Waals surface area contributed by atoms with Gasteiger partial charge in [0.1, 0.15) is 11.2 Å². The molecule has 3 rings (SSSR count). The zero-order chi connectivity index (χ0) is 13.9. The molecule has 0 bridgehead atoms. The van der Waals surface area contributed by atoms with Crippen molar-refractivity contribution in [1.29, 1.82) is 0 Å². The normalized spacial score (nSPS) is 14.7. The summed E-state index contributed by atoms with van der Waals surface area (Å²) in [6, 6.07) is 3.93. The van der Waals surface area contributed by atoms with Crippen LogP contribution in [0.4, 0.5) is 0 Å². The van der Waals surface area contributed by atoms with Gasteiger partial charge in [-0.25, -0.2) is 4.98 Å². The number of hydrogen-bond acceptors (Lipinski definition) is 4. The van der Waals surface area contributed by atoms with Gasteiger partial charge in [-0.05, 0) is 37.8 Å². The fourth-order valence-corrected chi connectivity index (χ4v) is 2.33. The van der Waals surface area contributed by atoms with Crippen molar-refractivity contribution in [3.05, 3.63) is 24.0 Å². The van der Waals surface area contributed by atoms with E-state index >= 15 is 0 Å². The molecule has 6 nitrogen and oxygen atoms in total. The summed E-state index contributed by atoms with van der Waals surface area (Å²) in [4.78, 5) is 18.8. The summed E-state index contributed by atoms with van der Waals surface area (Å²) in [7, 11) is 0. The number of pyridine rings is 1. The van der Waals surface area contributed by atoms with Crippen LogP contribution in [0.2, 0.25) is 0 Å². The van der Waals surface area contributed by atoms with Crippen LogP contribution in [0.1, 0.15) is 36.2 Å². The molecule has 6 heteroatoms. The van der Waals surface area contributed by atoms with Crippen LogP contribution in [-0.4, -0.2) is 50.3 Å². The standard InChI is InChI=1S/C14H18N4O2/c19-8-2-1-7-18(10-3-4-10)14(20)12-6-5-11-13(16-12)9-15-17-11/h5-6,9-10,19H,1-4,7-8H2,(H,15,17). The summed E-state index contributed by atoms with van der Waals surface area (Å²) in [6.07, 6.45) is 5.31. The van der Waals surface area contributed by atoms with Crippen molar-refractivity contribution in [3.8, 4) is 0 Å². The molecular formula is C14H18N4O2. The van der Waals surface area contributed by atoms with Crippen LogP contribution in [0.5, 0.6) is 0 Å². The molecule has 106 valence electrons. The number of hydrogen-bond donors (Lipinski definition) is 2. The van der Waals surface area contributed by atoms with Gasteiger partial charge in [-0.1, -0.05) is 0 Å². The Morgan fingerprint density at radius 1 is 1.40 bits per heavy atom. The monoisotopic (exact) mass is 274 g/mol. The number of nitrogens with one attached hydrogen (secondary N) is 1. The van der Waals surface area contributed by atoms with E-state index in [1.165, 1.54) is 0 Å². The number of amides is 1. The molecule has 1 fully saturated rings. The molecule has 1 aliphatic rings. The molecule has 0 saturated heterocycles. The second kappa shape index (κ2) is 5.58. The lowest BCUT2D eigenvalue weighted by Gasteiger charge is -2.21. The third-order valence-corrected chi connectivity index (χ3v) is 3.57. The fourth-order valence-electron chi connectivity index (χ4n) is 2.33. The van der Waals surface area contributed by atoms with E-state index in [1.54, 1.807) is 12.3 Å². The minimum atomic E-state index is -0.0199. The van der Waals surface area contributed by atoms with Crippen molar-refractivity contribution in [3.63, 3.8) is 0 Å². The Morgan fingerprint density at radius 3 is 3.00 bits per heavy atom. The largest absolute Gasteiger partial charge is 0.396 e. The highest BCUT2D eigenvalue weighted by molar-refractivity contribution is 5.94. The zero-order valence-electron chi connectivity index (χ0n) is 11.2. The summed E-state index contributed by atoms with van der Waals surface area (Å²) >= 11 is 0. The molecule has 0 aliphatic heterocycles. The number of carbonyl (C=O) groups is 1. The summed E-state index contributed by atoms with van der Waals surface area (Å²) in [5.74, 6) is -0.0199. The van der Waals surface area contributed by atoms with E-state index in [9.17, 15) is 4.79 Å². The lowest BCUT2D eigenvalue weighted by atomic mass is 10.2. The van der Waals surface area contributed by atoms with Gasteiger partial charge in [0, 0.05) is 19.2 Å². The van der Waals surface area contributed by atoms with Crippen molar-refractivity contribution < 1.29 is 9.90 Å². The summed E-state index contributed by atoms with van der Waals surface area (Å²) in [6.45, 7) is 0.862. The second-order valence-corrected chi connectivity index (χ2v) is 5.16. The maximum absolute atomic E-state index is 12.6. The number of aliphatic hydroxyl groups excluding tert-OH is 1. The van der Waals surface area contributed by atoms with Gasteiger partial charge in [-0.15, -0.1) is 0 Å². The van der Waals surface area contributed by atoms with Crippen molar-refractivity contribution in [2.75, 3.05) is 13.2 Å². The SMILES string of the molecule is O=C(c1ccc2[nH]ncc2n1)N(CCCCO)C1CC1. The fraction of sp³-hybridized carbons (Fsp3) is 0.500. The summed E-state index contributed by atoms with van der Waals surface area (Å²) < 4.78 is 0. The first-order valence-electron chi connectivity index (χ1n) is 7.01. The van der Waals surface area contributed by atoms with Gasteiger partial charge in [0.05, 0.1) is 11.7 Å².